The molecule has 0 aliphatic rings. The van der Waals surface area contributed by atoms with E-state index in [0.29, 0.717) is 28.0 Å². The molecule has 0 spiro atoms. The average molecular weight is 301 g/mol. The molecule has 0 atom stereocenters. The number of ether oxygens (including phenoxy) is 1. The molecule has 1 aromatic heterocycles. The molecule has 5 nitrogen and oxygen atoms in total. The number of halogens is 1. The quantitative estimate of drug-likeness (QED) is 0.723. The molecule has 6 heteroatoms. The Bertz CT molecular complexity index is 802. The summed E-state index contributed by atoms with van der Waals surface area (Å²) in [5.74, 6) is 1.28. The summed E-state index contributed by atoms with van der Waals surface area (Å²) >= 11 is 6.07. The number of hydrogen-bond acceptors (Lipinski definition) is 5. The van der Waals surface area contributed by atoms with Crippen molar-refractivity contribution in [3.8, 4) is 5.75 Å². The average Bonchev–Trinajstić information content (AvgIpc) is 2.51. The van der Waals surface area contributed by atoms with Gasteiger partial charge < -0.3 is 15.8 Å². The van der Waals surface area contributed by atoms with Crippen LogP contribution < -0.4 is 15.8 Å². The first kappa shape index (κ1) is 13.5. The predicted octanol–water partition coefficient (Wildman–Crippen LogP) is 3.62. The highest BCUT2D eigenvalue weighted by molar-refractivity contribution is 6.33. The number of nitrogens with zero attached hydrogens (tertiary/aromatic N) is 2. The first-order chi connectivity index (χ1) is 10.2. The fourth-order valence-electron chi connectivity index (χ4n) is 2.07. The number of rotatable bonds is 3. The summed E-state index contributed by atoms with van der Waals surface area (Å²) in [7, 11) is 1.58. The molecule has 106 valence electrons. The van der Waals surface area contributed by atoms with Crippen molar-refractivity contribution in [2.75, 3.05) is 18.2 Å². The molecular weight excluding hydrogens is 288 g/mol. The lowest BCUT2D eigenvalue weighted by Crippen LogP contribution is -1.99. The van der Waals surface area contributed by atoms with Crippen LogP contribution in [0.4, 0.5) is 17.2 Å². The molecule has 3 aromatic rings. The van der Waals surface area contributed by atoms with Crippen molar-refractivity contribution in [3.05, 3.63) is 47.7 Å². The van der Waals surface area contributed by atoms with E-state index in [2.05, 4.69) is 15.3 Å². The second-order valence-electron chi connectivity index (χ2n) is 4.44. The summed E-state index contributed by atoms with van der Waals surface area (Å²) in [5, 5.41) is 4.59. The Labute approximate surface area is 126 Å². The molecule has 0 bridgehead atoms. The number of nitrogens with one attached hydrogen (secondary N) is 1. The van der Waals surface area contributed by atoms with Crippen molar-refractivity contribution in [2.24, 2.45) is 0 Å². The normalized spacial score (nSPS) is 10.6. The van der Waals surface area contributed by atoms with Crippen LogP contribution >= 0.6 is 11.6 Å². The number of para-hydroxylation sites is 1. The van der Waals surface area contributed by atoms with Crippen molar-refractivity contribution in [1.82, 2.24) is 9.97 Å². The van der Waals surface area contributed by atoms with Gasteiger partial charge in [-0.3, -0.25) is 0 Å². The number of anilines is 3. The van der Waals surface area contributed by atoms with Gasteiger partial charge in [0, 0.05) is 11.5 Å². The van der Waals surface area contributed by atoms with Gasteiger partial charge in [-0.15, -0.1) is 0 Å². The Morgan fingerprint density at radius 3 is 2.81 bits per heavy atom. The third-order valence-corrected chi connectivity index (χ3v) is 3.44. The van der Waals surface area contributed by atoms with E-state index in [9.17, 15) is 0 Å². The van der Waals surface area contributed by atoms with E-state index in [0.717, 1.165) is 10.9 Å². The van der Waals surface area contributed by atoms with Gasteiger partial charge in [-0.25, -0.2) is 9.97 Å². The minimum absolute atomic E-state index is 0.455. The van der Waals surface area contributed by atoms with Gasteiger partial charge >= 0.3 is 0 Å². The predicted molar refractivity (Wildman–Crippen MR) is 85.2 cm³/mol. The van der Waals surface area contributed by atoms with Crippen molar-refractivity contribution < 1.29 is 4.74 Å². The highest BCUT2D eigenvalue weighted by atomic mass is 35.5. The van der Waals surface area contributed by atoms with E-state index in [4.69, 9.17) is 22.1 Å². The molecule has 0 unspecified atom stereocenters. The maximum absolute atomic E-state index is 6.07. The molecule has 1 heterocycles. The van der Waals surface area contributed by atoms with E-state index in [1.165, 1.54) is 6.33 Å². The zero-order valence-electron chi connectivity index (χ0n) is 11.3. The second-order valence-corrected chi connectivity index (χ2v) is 4.85. The van der Waals surface area contributed by atoms with Crippen LogP contribution in [0.1, 0.15) is 0 Å². The van der Waals surface area contributed by atoms with Crippen LogP contribution in [0.15, 0.2) is 42.7 Å². The summed E-state index contributed by atoms with van der Waals surface area (Å²) in [4.78, 5) is 8.51. The highest BCUT2D eigenvalue weighted by Crippen LogP contribution is 2.35. The van der Waals surface area contributed by atoms with Gasteiger partial charge in [0.05, 0.1) is 29.0 Å². The molecule has 3 N–H and O–H groups in total. The summed E-state index contributed by atoms with van der Waals surface area (Å²) in [6, 6.07) is 11.1. The Morgan fingerprint density at radius 1 is 1.19 bits per heavy atom. The third kappa shape index (κ3) is 2.55. The van der Waals surface area contributed by atoms with E-state index >= 15 is 0 Å². The molecule has 2 aromatic carbocycles. The maximum atomic E-state index is 6.07. The van der Waals surface area contributed by atoms with Crippen LogP contribution in [0.3, 0.4) is 0 Å². The molecule has 3 rings (SSSR count). The van der Waals surface area contributed by atoms with Crippen LogP contribution in [-0.4, -0.2) is 17.1 Å². The molecule has 21 heavy (non-hydrogen) atoms. The molecule has 0 saturated heterocycles. The molecule has 0 aliphatic carbocycles. The second kappa shape index (κ2) is 5.46. The van der Waals surface area contributed by atoms with Crippen LogP contribution in [0, 0.1) is 0 Å². The van der Waals surface area contributed by atoms with Crippen molar-refractivity contribution >= 4 is 39.7 Å². The van der Waals surface area contributed by atoms with E-state index < -0.39 is 0 Å². The van der Waals surface area contributed by atoms with Crippen molar-refractivity contribution in [1.29, 1.82) is 0 Å². The molecule has 0 saturated carbocycles. The van der Waals surface area contributed by atoms with Gasteiger partial charge in [-0.1, -0.05) is 23.7 Å². The SMILES string of the molecule is COc1cc(N)c(Cl)cc1Nc1ncnc2ccccc12. The highest BCUT2D eigenvalue weighted by Gasteiger charge is 2.10. The standard InChI is InChI=1S/C15H13ClN4O/c1-21-14-7-11(17)10(16)6-13(14)20-15-9-4-2-3-5-12(9)18-8-19-15/h2-8H,17H2,1H3,(H,18,19,20). The largest absolute Gasteiger partial charge is 0.494 e. The van der Waals surface area contributed by atoms with E-state index in [1.54, 1.807) is 19.2 Å². The van der Waals surface area contributed by atoms with Gasteiger partial charge in [0.2, 0.25) is 0 Å². The first-order valence-electron chi connectivity index (χ1n) is 6.29. The Balaban J connectivity index is 2.08. The molecule has 0 fully saturated rings. The number of methoxy groups -OCH3 is 1. The monoisotopic (exact) mass is 300 g/mol. The number of aromatic nitrogens is 2. The summed E-state index contributed by atoms with van der Waals surface area (Å²) in [5.41, 5.74) is 7.80. The minimum atomic E-state index is 0.455. The Morgan fingerprint density at radius 2 is 2.00 bits per heavy atom. The maximum Gasteiger partial charge on any atom is 0.144 e. The number of hydrogen-bond donors (Lipinski definition) is 2. The van der Waals surface area contributed by atoms with Crippen molar-refractivity contribution in [2.45, 2.75) is 0 Å². The fourth-order valence-corrected chi connectivity index (χ4v) is 2.23. The van der Waals surface area contributed by atoms with Gasteiger partial charge in [0.25, 0.3) is 0 Å². The first-order valence-corrected chi connectivity index (χ1v) is 6.66. The number of nitrogen functional groups attached to an aromatic ring is 1. The van der Waals surface area contributed by atoms with Gasteiger partial charge in [0.1, 0.15) is 17.9 Å². The van der Waals surface area contributed by atoms with Gasteiger partial charge in [-0.2, -0.15) is 0 Å². The lowest BCUT2D eigenvalue weighted by molar-refractivity contribution is 0.417. The molecule has 0 amide bonds. The number of fused-ring (bicyclic) bond motifs is 1. The van der Waals surface area contributed by atoms with E-state index in [1.807, 2.05) is 24.3 Å². The van der Waals surface area contributed by atoms with Crippen LogP contribution in [0.2, 0.25) is 5.02 Å². The third-order valence-electron chi connectivity index (χ3n) is 3.11. The smallest absolute Gasteiger partial charge is 0.144 e. The topological polar surface area (TPSA) is 73.1 Å². The van der Waals surface area contributed by atoms with E-state index in [-0.39, 0.29) is 0 Å². The number of nitrogens with two attached hydrogens (primary N) is 1. The summed E-state index contributed by atoms with van der Waals surface area (Å²) in [6.45, 7) is 0. The minimum Gasteiger partial charge on any atom is -0.494 e. The van der Waals surface area contributed by atoms with Gasteiger partial charge in [-0.05, 0) is 18.2 Å². The molecule has 0 radical (unpaired) electrons. The Kier molecular flexibility index (Phi) is 3.50. The van der Waals surface area contributed by atoms with Crippen molar-refractivity contribution in [3.63, 3.8) is 0 Å². The molecular formula is C15H13ClN4O. The summed E-state index contributed by atoms with van der Waals surface area (Å²) < 4.78 is 5.32. The fraction of sp³-hybridized carbons (Fsp3) is 0.0667. The zero-order chi connectivity index (χ0) is 14.8. The number of benzene rings is 2. The van der Waals surface area contributed by atoms with Crippen LogP contribution in [0.5, 0.6) is 5.75 Å². The van der Waals surface area contributed by atoms with Gasteiger partial charge in [0.15, 0.2) is 0 Å². The molecule has 0 aliphatic heterocycles. The van der Waals surface area contributed by atoms with Crippen LogP contribution in [0.25, 0.3) is 10.9 Å². The lowest BCUT2D eigenvalue weighted by Gasteiger charge is -2.13. The lowest BCUT2D eigenvalue weighted by atomic mass is 10.2. The van der Waals surface area contributed by atoms with Crippen LogP contribution in [-0.2, 0) is 0 Å². The zero-order valence-corrected chi connectivity index (χ0v) is 12.1. The Hall–Kier alpha value is -2.53. The summed E-state index contributed by atoms with van der Waals surface area (Å²) in [6.07, 6.45) is 1.51.